The summed E-state index contributed by atoms with van der Waals surface area (Å²) in [7, 11) is -4.11. The van der Waals surface area contributed by atoms with Gasteiger partial charge in [-0.2, -0.15) is 8.42 Å². The van der Waals surface area contributed by atoms with Gasteiger partial charge in [-0.15, -0.1) is 0 Å². The van der Waals surface area contributed by atoms with Gasteiger partial charge in [0.2, 0.25) is 0 Å². The summed E-state index contributed by atoms with van der Waals surface area (Å²) in [6, 6.07) is 8.71. The molecule has 2 aromatic carbocycles. The summed E-state index contributed by atoms with van der Waals surface area (Å²) in [6.45, 7) is 3.44. The quantitative estimate of drug-likeness (QED) is 0.536. The maximum atomic E-state index is 12.9. The normalized spacial score (nSPS) is 11.6. The molecule has 0 aliphatic carbocycles. The van der Waals surface area contributed by atoms with E-state index < -0.39 is 21.6 Å². The van der Waals surface area contributed by atoms with Gasteiger partial charge in [0.25, 0.3) is 0 Å². The van der Waals surface area contributed by atoms with Gasteiger partial charge < -0.3 is 8.60 Å². The second kappa shape index (κ2) is 5.76. The standard InChI is InChI=1S/C17H13FO5S/c1-10-11(2)17(19)22-16-9-13(5-8-15(10)16)23-24(20,21)14-6-3-12(18)4-7-14/h3-9H,1-2H3. The summed E-state index contributed by atoms with van der Waals surface area (Å²) < 4.78 is 47.5. The maximum Gasteiger partial charge on any atom is 0.339 e. The summed E-state index contributed by atoms with van der Waals surface area (Å²) in [4.78, 5) is 11.6. The lowest BCUT2D eigenvalue weighted by Gasteiger charge is -2.09. The molecule has 1 heterocycles. The second-order valence-electron chi connectivity index (χ2n) is 5.29. The molecule has 1 aromatic heterocycles. The average Bonchev–Trinajstić information content (AvgIpc) is 2.52. The van der Waals surface area contributed by atoms with Crippen LogP contribution in [0.25, 0.3) is 11.0 Å². The van der Waals surface area contributed by atoms with Crippen molar-refractivity contribution in [1.82, 2.24) is 0 Å². The van der Waals surface area contributed by atoms with Gasteiger partial charge in [0.15, 0.2) is 0 Å². The fraction of sp³-hybridized carbons (Fsp3) is 0.118. The van der Waals surface area contributed by atoms with E-state index in [0.717, 1.165) is 29.8 Å². The molecule has 0 amide bonds. The fourth-order valence-corrected chi connectivity index (χ4v) is 3.18. The van der Waals surface area contributed by atoms with Crippen LogP contribution in [-0.2, 0) is 10.1 Å². The number of halogens is 1. The first kappa shape index (κ1) is 16.2. The summed E-state index contributed by atoms with van der Waals surface area (Å²) in [6.07, 6.45) is 0. The number of hydrogen-bond acceptors (Lipinski definition) is 5. The predicted octanol–water partition coefficient (Wildman–Crippen LogP) is 3.32. The van der Waals surface area contributed by atoms with Crippen LogP contribution in [0, 0.1) is 19.7 Å². The molecule has 0 radical (unpaired) electrons. The molecule has 24 heavy (non-hydrogen) atoms. The molecule has 0 aliphatic heterocycles. The second-order valence-corrected chi connectivity index (χ2v) is 6.84. The van der Waals surface area contributed by atoms with Crippen LogP contribution in [0.15, 0.2) is 56.6 Å². The molecule has 3 rings (SSSR count). The Labute approximate surface area is 137 Å². The number of benzene rings is 2. The third kappa shape index (κ3) is 2.90. The molecule has 0 bridgehead atoms. The molecule has 0 atom stereocenters. The minimum Gasteiger partial charge on any atom is -0.422 e. The maximum absolute atomic E-state index is 12.9. The van der Waals surface area contributed by atoms with Crippen LogP contribution in [0.5, 0.6) is 5.75 Å². The van der Waals surface area contributed by atoms with Crippen molar-refractivity contribution in [3.05, 3.63) is 69.8 Å². The van der Waals surface area contributed by atoms with E-state index in [1.165, 1.54) is 12.1 Å². The first-order valence-electron chi connectivity index (χ1n) is 7.02. The lowest BCUT2D eigenvalue weighted by molar-refractivity contribution is 0.484. The van der Waals surface area contributed by atoms with E-state index in [4.69, 9.17) is 8.60 Å². The topological polar surface area (TPSA) is 73.6 Å². The number of rotatable bonds is 3. The summed E-state index contributed by atoms with van der Waals surface area (Å²) in [5, 5.41) is 0.693. The first-order valence-corrected chi connectivity index (χ1v) is 8.43. The van der Waals surface area contributed by atoms with E-state index in [1.54, 1.807) is 19.9 Å². The van der Waals surface area contributed by atoms with Crippen LogP contribution < -0.4 is 9.81 Å². The van der Waals surface area contributed by atoms with Gasteiger partial charge in [-0.05, 0) is 55.8 Å². The number of aryl methyl sites for hydroxylation is 1. The van der Waals surface area contributed by atoms with Gasteiger partial charge in [0.1, 0.15) is 22.0 Å². The Morgan fingerprint density at radius 2 is 1.67 bits per heavy atom. The Bertz CT molecular complexity index is 1080. The molecule has 0 unspecified atom stereocenters. The minimum absolute atomic E-state index is 0.00164. The molecular weight excluding hydrogens is 335 g/mol. The highest BCUT2D eigenvalue weighted by molar-refractivity contribution is 7.87. The van der Waals surface area contributed by atoms with Gasteiger partial charge in [-0.3, -0.25) is 0 Å². The first-order chi connectivity index (χ1) is 11.3. The van der Waals surface area contributed by atoms with Crippen molar-refractivity contribution in [2.75, 3.05) is 0 Å². The van der Waals surface area contributed by atoms with Crippen LogP contribution in [0.4, 0.5) is 4.39 Å². The van der Waals surface area contributed by atoms with Crippen LogP contribution in [-0.4, -0.2) is 8.42 Å². The van der Waals surface area contributed by atoms with Crippen molar-refractivity contribution in [3.63, 3.8) is 0 Å². The third-order valence-electron chi connectivity index (χ3n) is 3.74. The van der Waals surface area contributed by atoms with Gasteiger partial charge >= 0.3 is 15.7 Å². The van der Waals surface area contributed by atoms with Gasteiger partial charge in [0.05, 0.1) is 0 Å². The van der Waals surface area contributed by atoms with Crippen LogP contribution in [0.1, 0.15) is 11.1 Å². The van der Waals surface area contributed by atoms with Crippen molar-refractivity contribution < 1.29 is 21.4 Å². The molecule has 3 aromatic rings. The molecule has 124 valence electrons. The van der Waals surface area contributed by atoms with Crippen LogP contribution in [0.2, 0.25) is 0 Å². The van der Waals surface area contributed by atoms with Crippen molar-refractivity contribution in [2.24, 2.45) is 0 Å². The number of hydrogen-bond donors (Lipinski definition) is 0. The molecule has 0 N–H and O–H groups in total. The smallest absolute Gasteiger partial charge is 0.339 e. The van der Waals surface area contributed by atoms with Crippen LogP contribution in [0.3, 0.4) is 0 Å². The average molecular weight is 348 g/mol. The zero-order chi connectivity index (χ0) is 17.5. The van der Waals surface area contributed by atoms with Gasteiger partial charge in [-0.25, -0.2) is 9.18 Å². The molecule has 0 aliphatic rings. The van der Waals surface area contributed by atoms with Crippen LogP contribution >= 0.6 is 0 Å². The molecule has 0 fully saturated rings. The Hall–Kier alpha value is -2.67. The van der Waals surface area contributed by atoms with Crippen molar-refractivity contribution >= 4 is 21.1 Å². The van der Waals surface area contributed by atoms with E-state index >= 15 is 0 Å². The predicted molar refractivity (Wildman–Crippen MR) is 86.2 cm³/mol. The zero-order valence-electron chi connectivity index (χ0n) is 12.9. The SMILES string of the molecule is Cc1c(C)c2ccc(OS(=O)(=O)c3ccc(F)cc3)cc2oc1=O. The van der Waals surface area contributed by atoms with E-state index in [0.29, 0.717) is 10.9 Å². The Morgan fingerprint density at radius 3 is 2.33 bits per heavy atom. The third-order valence-corrected chi connectivity index (χ3v) is 5.00. The molecule has 0 spiro atoms. The largest absolute Gasteiger partial charge is 0.422 e. The van der Waals surface area contributed by atoms with E-state index in [1.807, 2.05) is 0 Å². The summed E-state index contributed by atoms with van der Waals surface area (Å²) >= 11 is 0. The fourth-order valence-electron chi connectivity index (χ4n) is 2.26. The summed E-state index contributed by atoms with van der Waals surface area (Å²) in [5.74, 6) is -0.550. The highest BCUT2D eigenvalue weighted by Crippen LogP contribution is 2.26. The lowest BCUT2D eigenvalue weighted by atomic mass is 10.1. The van der Waals surface area contributed by atoms with E-state index in [-0.39, 0.29) is 16.2 Å². The van der Waals surface area contributed by atoms with Crippen molar-refractivity contribution in [1.29, 1.82) is 0 Å². The van der Waals surface area contributed by atoms with E-state index in [9.17, 15) is 17.6 Å². The Morgan fingerprint density at radius 1 is 1.00 bits per heavy atom. The van der Waals surface area contributed by atoms with Crippen molar-refractivity contribution in [3.8, 4) is 5.75 Å². The monoisotopic (exact) mass is 348 g/mol. The minimum atomic E-state index is -4.11. The van der Waals surface area contributed by atoms with Crippen molar-refractivity contribution in [2.45, 2.75) is 18.7 Å². The summed E-state index contributed by atoms with van der Waals surface area (Å²) in [5.41, 5.74) is 0.998. The Balaban J connectivity index is 2.03. The molecule has 0 saturated heterocycles. The number of fused-ring (bicyclic) bond motifs is 1. The molecule has 7 heteroatoms. The zero-order valence-corrected chi connectivity index (χ0v) is 13.7. The van der Waals surface area contributed by atoms with Gasteiger partial charge in [-0.1, -0.05) is 0 Å². The highest BCUT2D eigenvalue weighted by Gasteiger charge is 2.17. The molecular formula is C17H13FO5S. The Kier molecular flexibility index (Phi) is 3.88. The molecule has 0 saturated carbocycles. The lowest BCUT2D eigenvalue weighted by Crippen LogP contribution is -2.10. The van der Waals surface area contributed by atoms with Gasteiger partial charge in [0, 0.05) is 17.0 Å². The molecule has 5 nitrogen and oxygen atoms in total. The highest BCUT2D eigenvalue weighted by atomic mass is 32.2. The van der Waals surface area contributed by atoms with E-state index in [2.05, 4.69) is 0 Å².